The molecule has 0 aliphatic heterocycles. The summed E-state index contributed by atoms with van der Waals surface area (Å²) >= 11 is 0. The maximum absolute atomic E-state index is 9.55. The van der Waals surface area contributed by atoms with Gasteiger partial charge >= 0.3 is 11.9 Å². The largest absolute Gasteiger partial charge is 0.492 e. The maximum Gasteiger partial charge on any atom is 0.328 e. The van der Waals surface area contributed by atoms with Crippen molar-refractivity contribution in [2.24, 2.45) is 0 Å². The summed E-state index contributed by atoms with van der Waals surface area (Å²) in [6, 6.07) is 18.7. The molecule has 0 aliphatic carbocycles. The van der Waals surface area contributed by atoms with Crippen molar-refractivity contribution in [2.45, 2.75) is 6.42 Å². The lowest BCUT2D eigenvalue weighted by Gasteiger charge is -2.11. The Hall–Kier alpha value is -3.12. The highest BCUT2D eigenvalue weighted by molar-refractivity contribution is 5.89. The molecule has 3 N–H and O–H groups in total. The number of ether oxygens (including phenoxy) is 1. The monoisotopic (exact) mass is 357 g/mol. The zero-order valence-electron chi connectivity index (χ0n) is 14.6. The van der Waals surface area contributed by atoms with E-state index in [1.54, 1.807) is 0 Å². The third-order valence-electron chi connectivity index (χ3n) is 3.19. The molecule has 0 saturated carbocycles. The molecule has 2 aromatic rings. The van der Waals surface area contributed by atoms with Crippen molar-refractivity contribution >= 4 is 11.9 Å². The van der Waals surface area contributed by atoms with Gasteiger partial charge in [0.1, 0.15) is 12.4 Å². The van der Waals surface area contributed by atoms with E-state index < -0.39 is 11.9 Å². The van der Waals surface area contributed by atoms with Crippen LogP contribution in [0, 0.1) is 0 Å². The Morgan fingerprint density at radius 3 is 2.12 bits per heavy atom. The average molecular weight is 357 g/mol. The van der Waals surface area contributed by atoms with Gasteiger partial charge in [-0.25, -0.2) is 9.59 Å². The predicted molar refractivity (Wildman–Crippen MR) is 99.5 cm³/mol. The van der Waals surface area contributed by atoms with Crippen LogP contribution in [0.25, 0.3) is 0 Å². The van der Waals surface area contributed by atoms with E-state index in [0.29, 0.717) is 18.8 Å². The normalized spacial score (nSPS) is 10.0. The van der Waals surface area contributed by atoms with Crippen molar-refractivity contribution in [1.29, 1.82) is 0 Å². The van der Waals surface area contributed by atoms with E-state index in [2.05, 4.69) is 41.7 Å². The van der Waals surface area contributed by atoms with E-state index in [-0.39, 0.29) is 0 Å². The van der Waals surface area contributed by atoms with Crippen molar-refractivity contribution in [2.75, 3.05) is 20.2 Å². The van der Waals surface area contributed by atoms with Gasteiger partial charge in [0.05, 0.1) is 0 Å². The van der Waals surface area contributed by atoms with Gasteiger partial charge in [0.2, 0.25) is 0 Å². The van der Waals surface area contributed by atoms with Crippen LogP contribution >= 0.6 is 0 Å². The molecule has 26 heavy (non-hydrogen) atoms. The smallest absolute Gasteiger partial charge is 0.328 e. The molecular formula is C20H23NO5. The molecule has 0 heterocycles. The van der Waals surface area contributed by atoms with E-state index in [1.165, 1.54) is 11.1 Å². The fraction of sp³-hybridized carbons (Fsp3) is 0.200. The van der Waals surface area contributed by atoms with Crippen molar-refractivity contribution in [3.8, 4) is 5.75 Å². The minimum atomic E-state index is -1.26. The number of carbonyl (C=O) groups is 2. The summed E-state index contributed by atoms with van der Waals surface area (Å²) in [5.41, 5.74) is 2.54. The molecule has 6 heteroatoms. The number of rotatable bonds is 8. The van der Waals surface area contributed by atoms with Gasteiger partial charge in [-0.15, -0.1) is 0 Å². The number of likely N-dealkylation sites (N-methyl/N-ethyl adjacent to an activating group) is 1. The fourth-order valence-corrected chi connectivity index (χ4v) is 2.01. The van der Waals surface area contributed by atoms with Crippen LogP contribution in [0.2, 0.25) is 0 Å². The molecule has 0 atom stereocenters. The summed E-state index contributed by atoms with van der Waals surface area (Å²) in [6.07, 6.45) is 2.03. The Kier molecular flexibility index (Phi) is 9.88. The second-order valence-corrected chi connectivity index (χ2v) is 5.23. The van der Waals surface area contributed by atoms with E-state index in [0.717, 1.165) is 18.7 Å². The van der Waals surface area contributed by atoms with Gasteiger partial charge in [0.25, 0.3) is 0 Å². The van der Waals surface area contributed by atoms with Gasteiger partial charge in [-0.3, -0.25) is 0 Å². The lowest BCUT2D eigenvalue weighted by Crippen LogP contribution is -2.16. The molecule has 0 radical (unpaired) electrons. The molecular weight excluding hydrogens is 334 g/mol. The first-order chi connectivity index (χ1) is 12.5. The molecule has 6 nitrogen and oxygen atoms in total. The van der Waals surface area contributed by atoms with Crippen molar-refractivity contribution < 1.29 is 24.5 Å². The van der Waals surface area contributed by atoms with Crippen molar-refractivity contribution in [3.05, 3.63) is 77.9 Å². The number of nitrogens with one attached hydrogen (secondary N) is 1. The molecule has 0 amide bonds. The number of aliphatic carboxylic acids is 2. The third-order valence-corrected chi connectivity index (χ3v) is 3.19. The van der Waals surface area contributed by atoms with Crippen LogP contribution in [0.3, 0.4) is 0 Å². The van der Waals surface area contributed by atoms with Crippen molar-refractivity contribution in [3.63, 3.8) is 0 Å². The lowest BCUT2D eigenvalue weighted by molar-refractivity contribution is -0.134. The quantitative estimate of drug-likeness (QED) is 0.496. The van der Waals surface area contributed by atoms with Crippen LogP contribution in [-0.2, 0) is 16.0 Å². The molecule has 0 aliphatic rings. The van der Waals surface area contributed by atoms with E-state index >= 15 is 0 Å². The van der Waals surface area contributed by atoms with Crippen LogP contribution in [0.15, 0.2) is 66.7 Å². The molecule has 138 valence electrons. The Morgan fingerprint density at radius 1 is 0.962 bits per heavy atom. The van der Waals surface area contributed by atoms with Crippen molar-refractivity contribution in [1.82, 2.24) is 5.32 Å². The van der Waals surface area contributed by atoms with E-state index in [9.17, 15) is 9.59 Å². The summed E-state index contributed by atoms with van der Waals surface area (Å²) in [4.78, 5) is 19.1. The highest BCUT2D eigenvalue weighted by Crippen LogP contribution is 2.21. The number of carboxylic acid groups (broad SMARTS) is 2. The summed E-state index contributed by atoms with van der Waals surface area (Å²) < 4.78 is 5.79. The van der Waals surface area contributed by atoms with Gasteiger partial charge in [-0.1, -0.05) is 48.5 Å². The Balaban J connectivity index is 0.000000359. The standard InChI is InChI=1S/C16H19NO.C4H4O4/c1-17-11-12-18-16-10-6-5-9-15(16)13-14-7-3-2-4-8-14;5-3(6)1-2-4(7)8/h2-10,17H,11-13H2,1H3;1-2H,(H,5,6)(H,7,8)/b;2-1+. The topological polar surface area (TPSA) is 95.9 Å². The van der Waals surface area contributed by atoms with Gasteiger partial charge in [-0.2, -0.15) is 0 Å². The summed E-state index contributed by atoms with van der Waals surface area (Å²) in [5, 5.41) is 18.7. The number of para-hydroxylation sites is 1. The van der Waals surface area contributed by atoms with Crippen LogP contribution in [-0.4, -0.2) is 42.4 Å². The number of hydrogen-bond acceptors (Lipinski definition) is 4. The van der Waals surface area contributed by atoms with E-state index in [1.807, 2.05) is 25.2 Å². The number of carboxylic acids is 2. The SMILES string of the molecule is CNCCOc1ccccc1Cc1ccccc1.O=C(O)/C=C/C(=O)O. The molecule has 0 saturated heterocycles. The minimum Gasteiger partial charge on any atom is -0.492 e. The van der Waals surface area contributed by atoms with Crippen LogP contribution < -0.4 is 10.1 Å². The third kappa shape index (κ3) is 9.24. The molecule has 0 unspecified atom stereocenters. The number of benzene rings is 2. The van der Waals surface area contributed by atoms with Crippen LogP contribution in [0.5, 0.6) is 5.75 Å². The molecule has 0 spiro atoms. The van der Waals surface area contributed by atoms with Gasteiger partial charge in [0.15, 0.2) is 0 Å². The van der Waals surface area contributed by atoms with Gasteiger partial charge in [-0.05, 0) is 24.2 Å². The minimum absolute atomic E-state index is 0.558. The Morgan fingerprint density at radius 2 is 1.54 bits per heavy atom. The first-order valence-corrected chi connectivity index (χ1v) is 8.06. The zero-order chi connectivity index (χ0) is 19.2. The Labute approximate surface area is 152 Å². The zero-order valence-corrected chi connectivity index (χ0v) is 14.6. The average Bonchev–Trinajstić information content (AvgIpc) is 2.63. The molecule has 0 fully saturated rings. The fourth-order valence-electron chi connectivity index (χ4n) is 2.01. The second-order valence-electron chi connectivity index (χ2n) is 5.23. The first kappa shape index (κ1) is 20.9. The molecule has 0 aromatic heterocycles. The van der Waals surface area contributed by atoms with Gasteiger partial charge in [0, 0.05) is 25.1 Å². The predicted octanol–water partition coefficient (Wildman–Crippen LogP) is 2.59. The maximum atomic E-state index is 9.55. The summed E-state index contributed by atoms with van der Waals surface area (Å²) in [7, 11) is 1.93. The molecule has 0 bridgehead atoms. The van der Waals surface area contributed by atoms with E-state index in [4.69, 9.17) is 14.9 Å². The lowest BCUT2D eigenvalue weighted by atomic mass is 10.0. The number of hydrogen-bond donors (Lipinski definition) is 3. The first-order valence-electron chi connectivity index (χ1n) is 8.06. The summed E-state index contributed by atoms with van der Waals surface area (Å²) in [6.45, 7) is 1.56. The summed E-state index contributed by atoms with van der Waals surface area (Å²) in [5.74, 6) is -1.53. The Bertz CT molecular complexity index is 697. The highest BCUT2D eigenvalue weighted by atomic mass is 16.5. The second kappa shape index (κ2) is 12.3. The molecule has 2 rings (SSSR count). The van der Waals surface area contributed by atoms with Crippen LogP contribution in [0.4, 0.5) is 0 Å². The highest BCUT2D eigenvalue weighted by Gasteiger charge is 2.03. The van der Waals surface area contributed by atoms with Gasteiger partial charge < -0.3 is 20.3 Å². The van der Waals surface area contributed by atoms with Crippen LogP contribution in [0.1, 0.15) is 11.1 Å². The molecule has 2 aromatic carbocycles.